The summed E-state index contributed by atoms with van der Waals surface area (Å²) < 4.78 is 16.7. The molecule has 0 bridgehead atoms. The Morgan fingerprint density at radius 2 is 0.623 bits per heavy atom. The second-order valence-electron chi connectivity index (χ2n) is 15.7. The molecule has 53 heavy (non-hydrogen) atoms. The van der Waals surface area contributed by atoms with Gasteiger partial charge >= 0.3 is 17.9 Å². The van der Waals surface area contributed by atoms with Crippen LogP contribution in [0.3, 0.4) is 0 Å². The minimum absolute atomic E-state index is 0.0690. The highest BCUT2D eigenvalue weighted by Crippen LogP contribution is 2.15. The molecule has 312 valence electrons. The quantitative estimate of drug-likeness (QED) is 0.0268. The van der Waals surface area contributed by atoms with Gasteiger partial charge in [0, 0.05) is 19.3 Å². The fourth-order valence-corrected chi connectivity index (χ4v) is 6.73. The number of carbonyl (C=O) groups is 3. The normalized spacial score (nSPS) is 11.5. The highest BCUT2D eigenvalue weighted by molar-refractivity contribution is 5.71. The first-order valence-electron chi connectivity index (χ1n) is 23.2. The molecule has 0 saturated heterocycles. The van der Waals surface area contributed by atoms with E-state index in [2.05, 4.69) is 32.9 Å². The standard InChI is InChI=1S/C47H88O6/c1-4-7-10-13-16-19-22-23-26-29-32-35-38-41-47(50)53-44(42-51-45(48)39-36-33-30-27-24-20-17-14-11-8-5-2)43-52-46(49)40-37-34-31-28-25-21-18-15-12-9-6-3/h19,22,44H,4-18,20-21,23-43H2,1-3H3/b22-19+. The van der Waals surface area contributed by atoms with Crippen molar-refractivity contribution in [3.8, 4) is 0 Å². The van der Waals surface area contributed by atoms with Crippen LogP contribution in [0.4, 0.5) is 0 Å². The predicted molar refractivity (Wildman–Crippen MR) is 224 cm³/mol. The van der Waals surface area contributed by atoms with E-state index < -0.39 is 6.10 Å². The molecule has 0 rings (SSSR count). The van der Waals surface area contributed by atoms with Crippen LogP contribution < -0.4 is 0 Å². The second-order valence-corrected chi connectivity index (χ2v) is 15.7. The van der Waals surface area contributed by atoms with Gasteiger partial charge in [-0.25, -0.2) is 0 Å². The Labute approximate surface area is 329 Å². The maximum Gasteiger partial charge on any atom is 0.306 e. The summed E-state index contributed by atoms with van der Waals surface area (Å²) in [4.78, 5) is 37.7. The van der Waals surface area contributed by atoms with E-state index in [0.29, 0.717) is 19.3 Å². The van der Waals surface area contributed by atoms with Crippen LogP contribution in [0.2, 0.25) is 0 Å². The molecule has 6 heteroatoms. The summed E-state index contributed by atoms with van der Waals surface area (Å²) in [6, 6.07) is 0. The molecule has 0 aliphatic carbocycles. The molecule has 0 aliphatic rings. The molecule has 0 N–H and O–H groups in total. The van der Waals surface area contributed by atoms with Crippen molar-refractivity contribution in [1.29, 1.82) is 0 Å². The first kappa shape index (κ1) is 51.1. The van der Waals surface area contributed by atoms with Crippen molar-refractivity contribution < 1.29 is 28.6 Å². The summed E-state index contributed by atoms with van der Waals surface area (Å²) in [5.74, 6) is -0.870. The molecule has 0 aromatic heterocycles. The minimum Gasteiger partial charge on any atom is -0.462 e. The molecule has 0 aromatic carbocycles. The average molecular weight is 749 g/mol. The minimum atomic E-state index is -0.765. The number of hydrogen-bond donors (Lipinski definition) is 0. The summed E-state index contributed by atoms with van der Waals surface area (Å²) in [5.41, 5.74) is 0. The molecule has 0 unspecified atom stereocenters. The highest BCUT2D eigenvalue weighted by Gasteiger charge is 2.19. The van der Waals surface area contributed by atoms with Crippen LogP contribution >= 0.6 is 0 Å². The van der Waals surface area contributed by atoms with Crippen LogP contribution in [-0.4, -0.2) is 37.2 Å². The summed E-state index contributed by atoms with van der Waals surface area (Å²) in [7, 11) is 0. The molecular formula is C47H88O6. The number of allylic oxidation sites excluding steroid dienone is 2. The van der Waals surface area contributed by atoms with Gasteiger partial charge in [0.05, 0.1) is 0 Å². The number of ether oxygens (including phenoxy) is 3. The maximum atomic E-state index is 12.7. The van der Waals surface area contributed by atoms with Crippen molar-refractivity contribution in [2.45, 2.75) is 258 Å². The SMILES string of the molecule is CCCCCC/C=C/CCCCCCCC(=O)OC(COC(=O)CCCCCCCCCCCCC)COC(=O)CCCCCCCCCCCCC. The number of rotatable bonds is 42. The maximum absolute atomic E-state index is 12.7. The lowest BCUT2D eigenvalue weighted by molar-refractivity contribution is -0.167. The Morgan fingerprint density at radius 1 is 0.358 bits per heavy atom. The molecule has 0 saturated carbocycles. The molecule has 0 spiro atoms. The Hall–Kier alpha value is -1.85. The zero-order valence-corrected chi connectivity index (χ0v) is 35.6. The van der Waals surface area contributed by atoms with Gasteiger partial charge < -0.3 is 14.2 Å². The predicted octanol–water partition coefficient (Wildman–Crippen LogP) is 14.6. The Morgan fingerprint density at radius 3 is 0.962 bits per heavy atom. The van der Waals surface area contributed by atoms with Gasteiger partial charge in [-0.2, -0.15) is 0 Å². The van der Waals surface area contributed by atoms with Crippen LogP contribution in [-0.2, 0) is 28.6 Å². The fourth-order valence-electron chi connectivity index (χ4n) is 6.73. The van der Waals surface area contributed by atoms with Gasteiger partial charge in [-0.1, -0.05) is 200 Å². The van der Waals surface area contributed by atoms with E-state index in [1.165, 1.54) is 148 Å². The van der Waals surface area contributed by atoms with E-state index >= 15 is 0 Å². The van der Waals surface area contributed by atoms with E-state index in [1.807, 2.05) is 0 Å². The van der Waals surface area contributed by atoms with E-state index in [4.69, 9.17) is 14.2 Å². The first-order valence-corrected chi connectivity index (χ1v) is 23.2. The Bertz CT molecular complexity index is 782. The molecule has 0 heterocycles. The topological polar surface area (TPSA) is 78.9 Å². The third-order valence-corrected chi connectivity index (χ3v) is 10.3. The lowest BCUT2D eigenvalue weighted by Gasteiger charge is -2.18. The highest BCUT2D eigenvalue weighted by atomic mass is 16.6. The van der Waals surface area contributed by atoms with Gasteiger partial charge in [0.2, 0.25) is 0 Å². The number of esters is 3. The zero-order chi connectivity index (χ0) is 38.7. The largest absolute Gasteiger partial charge is 0.462 e. The molecular weight excluding hydrogens is 661 g/mol. The van der Waals surface area contributed by atoms with Crippen molar-refractivity contribution in [3.63, 3.8) is 0 Å². The van der Waals surface area contributed by atoms with Gasteiger partial charge in [-0.15, -0.1) is 0 Å². The van der Waals surface area contributed by atoms with Gasteiger partial charge in [-0.05, 0) is 44.9 Å². The average Bonchev–Trinajstić information content (AvgIpc) is 3.15. The summed E-state index contributed by atoms with van der Waals surface area (Å²) in [5, 5.41) is 0. The zero-order valence-electron chi connectivity index (χ0n) is 35.6. The van der Waals surface area contributed by atoms with E-state index in [0.717, 1.165) is 64.2 Å². The van der Waals surface area contributed by atoms with Gasteiger partial charge in [-0.3, -0.25) is 14.4 Å². The van der Waals surface area contributed by atoms with E-state index in [9.17, 15) is 14.4 Å². The summed E-state index contributed by atoms with van der Waals surface area (Å²) in [6.45, 7) is 6.61. The number of unbranched alkanes of at least 4 members (excludes halogenated alkanes) is 29. The molecule has 0 amide bonds. The van der Waals surface area contributed by atoms with Crippen LogP contribution in [0.25, 0.3) is 0 Å². The van der Waals surface area contributed by atoms with Crippen LogP contribution in [0.15, 0.2) is 12.2 Å². The second kappa shape index (κ2) is 42.9. The van der Waals surface area contributed by atoms with Gasteiger partial charge in [0.25, 0.3) is 0 Å². The number of carbonyl (C=O) groups excluding carboxylic acids is 3. The Balaban J connectivity index is 4.35. The molecule has 0 radical (unpaired) electrons. The molecule has 0 aromatic rings. The fraction of sp³-hybridized carbons (Fsp3) is 0.894. The smallest absolute Gasteiger partial charge is 0.306 e. The molecule has 0 fully saturated rings. The lowest BCUT2D eigenvalue weighted by atomic mass is 10.1. The molecule has 0 aliphatic heterocycles. The van der Waals surface area contributed by atoms with Crippen molar-refractivity contribution in [2.75, 3.05) is 13.2 Å². The van der Waals surface area contributed by atoms with Crippen molar-refractivity contribution in [1.82, 2.24) is 0 Å². The van der Waals surface area contributed by atoms with Crippen LogP contribution in [0.1, 0.15) is 252 Å². The van der Waals surface area contributed by atoms with Crippen molar-refractivity contribution in [2.24, 2.45) is 0 Å². The van der Waals surface area contributed by atoms with Crippen molar-refractivity contribution in [3.05, 3.63) is 12.2 Å². The van der Waals surface area contributed by atoms with E-state index in [1.54, 1.807) is 0 Å². The molecule has 6 nitrogen and oxygen atoms in total. The van der Waals surface area contributed by atoms with Gasteiger partial charge in [0.15, 0.2) is 6.10 Å². The number of hydrogen-bond acceptors (Lipinski definition) is 6. The van der Waals surface area contributed by atoms with Crippen LogP contribution in [0, 0.1) is 0 Å². The Kier molecular flexibility index (Phi) is 41.4. The van der Waals surface area contributed by atoms with Crippen molar-refractivity contribution >= 4 is 17.9 Å². The molecule has 0 atom stereocenters. The van der Waals surface area contributed by atoms with Gasteiger partial charge in [0.1, 0.15) is 13.2 Å². The lowest BCUT2D eigenvalue weighted by Crippen LogP contribution is -2.30. The van der Waals surface area contributed by atoms with E-state index in [-0.39, 0.29) is 31.1 Å². The summed E-state index contributed by atoms with van der Waals surface area (Å²) in [6.07, 6.45) is 44.7. The van der Waals surface area contributed by atoms with Crippen LogP contribution in [0.5, 0.6) is 0 Å². The monoisotopic (exact) mass is 749 g/mol. The summed E-state index contributed by atoms with van der Waals surface area (Å²) >= 11 is 0. The third-order valence-electron chi connectivity index (χ3n) is 10.3. The third kappa shape index (κ3) is 41.2. The first-order chi connectivity index (χ1) is 26.0.